The van der Waals surface area contributed by atoms with Crippen LogP contribution >= 0.6 is 7.92 Å². The van der Waals surface area contributed by atoms with E-state index in [-0.39, 0.29) is 0 Å². The molecule has 28 heavy (non-hydrogen) atoms. The molecule has 0 N–H and O–H groups in total. The van der Waals surface area contributed by atoms with Crippen molar-refractivity contribution >= 4 is 40.3 Å². The van der Waals surface area contributed by atoms with Gasteiger partial charge in [0.05, 0.1) is 0 Å². The second-order valence-electron chi connectivity index (χ2n) is 7.36. The molecule has 4 aromatic rings. The third kappa shape index (κ3) is 3.21. The van der Waals surface area contributed by atoms with Crippen LogP contribution < -0.4 is 20.8 Å². The van der Waals surface area contributed by atoms with E-state index >= 15 is 0 Å². The average Bonchev–Trinajstić information content (AvgIpc) is 3.30. The van der Waals surface area contributed by atoms with E-state index in [0.29, 0.717) is 0 Å². The van der Waals surface area contributed by atoms with E-state index in [2.05, 4.69) is 102 Å². The van der Waals surface area contributed by atoms with Crippen molar-refractivity contribution in [1.29, 1.82) is 0 Å². The lowest BCUT2D eigenvalue weighted by molar-refractivity contribution is 0.949. The molecule has 0 atom stereocenters. The zero-order chi connectivity index (χ0) is 18.8. The molecule has 138 valence electrons. The molecule has 1 fully saturated rings. The van der Waals surface area contributed by atoms with E-state index < -0.39 is 7.92 Å². The minimum absolute atomic E-state index is 0.624. The molecule has 0 bridgehead atoms. The highest BCUT2D eigenvalue weighted by Crippen LogP contribution is 2.40. The minimum Gasteiger partial charge on any atom is -0.371 e. The van der Waals surface area contributed by atoms with Crippen LogP contribution in [0.2, 0.25) is 0 Å². The Kier molecular flexibility index (Phi) is 4.85. The zero-order valence-electron chi connectivity index (χ0n) is 16.0. The second kappa shape index (κ2) is 7.78. The van der Waals surface area contributed by atoms with Gasteiger partial charge in [0.25, 0.3) is 0 Å². The first-order chi connectivity index (χ1) is 13.9. The number of rotatable bonds is 4. The molecule has 0 unspecified atom stereocenters. The average molecular weight is 381 g/mol. The van der Waals surface area contributed by atoms with Crippen LogP contribution in [0.4, 0.5) is 5.69 Å². The number of hydrogen-bond donors (Lipinski definition) is 0. The predicted molar refractivity (Wildman–Crippen MR) is 124 cm³/mol. The van der Waals surface area contributed by atoms with Gasteiger partial charge < -0.3 is 4.90 Å². The number of nitrogens with zero attached hydrogens (tertiary/aromatic N) is 1. The van der Waals surface area contributed by atoms with Gasteiger partial charge in [-0.15, -0.1) is 0 Å². The largest absolute Gasteiger partial charge is 0.371 e. The van der Waals surface area contributed by atoms with E-state index in [4.69, 9.17) is 0 Å². The Bertz CT molecular complexity index is 1030. The maximum Gasteiger partial charge on any atom is 0.0457 e. The molecular formula is C26H24NP. The van der Waals surface area contributed by atoms with Gasteiger partial charge >= 0.3 is 0 Å². The summed E-state index contributed by atoms with van der Waals surface area (Å²) in [7, 11) is -0.624. The first-order valence-corrected chi connectivity index (χ1v) is 11.4. The van der Waals surface area contributed by atoms with Gasteiger partial charge in [-0.3, -0.25) is 0 Å². The normalized spacial score (nSPS) is 14.1. The van der Waals surface area contributed by atoms with Gasteiger partial charge in [-0.05, 0) is 48.2 Å². The molecule has 1 saturated heterocycles. The molecule has 1 aliphatic heterocycles. The van der Waals surface area contributed by atoms with Crippen molar-refractivity contribution in [3.63, 3.8) is 0 Å². The van der Waals surface area contributed by atoms with E-state index in [1.54, 1.807) is 0 Å². The van der Waals surface area contributed by atoms with Gasteiger partial charge in [0.1, 0.15) is 0 Å². The first kappa shape index (κ1) is 17.5. The van der Waals surface area contributed by atoms with Crippen LogP contribution in [-0.4, -0.2) is 13.1 Å². The predicted octanol–water partition coefficient (Wildman–Crippen LogP) is 5.20. The lowest BCUT2D eigenvalue weighted by atomic mass is 10.1. The highest BCUT2D eigenvalue weighted by Gasteiger charge is 2.25. The summed E-state index contributed by atoms with van der Waals surface area (Å²) in [5.74, 6) is 0. The molecule has 0 spiro atoms. The smallest absolute Gasteiger partial charge is 0.0457 e. The minimum atomic E-state index is -0.624. The lowest BCUT2D eigenvalue weighted by Crippen LogP contribution is -2.29. The summed E-state index contributed by atoms with van der Waals surface area (Å²) in [6.45, 7) is 2.33. The first-order valence-electron chi connectivity index (χ1n) is 10.1. The fourth-order valence-electron chi connectivity index (χ4n) is 4.25. The van der Waals surface area contributed by atoms with Gasteiger partial charge in [-0.25, -0.2) is 0 Å². The molecule has 1 aliphatic rings. The van der Waals surface area contributed by atoms with Crippen LogP contribution in [0.1, 0.15) is 12.8 Å². The Labute approximate surface area is 168 Å². The van der Waals surface area contributed by atoms with Crippen molar-refractivity contribution in [3.05, 3.63) is 97.1 Å². The molecule has 1 heterocycles. The van der Waals surface area contributed by atoms with E-state index in [1.165, 1.54) is 45.2 Å². The summed E-state index contributed by atoms with van der Waals surface area (Å²) < 4.78 is 0. The fraction of sp³-hybridized carbons (Fsp3) is 0.154. The fourth-order valence-corrected chi connectivity index (χ4v) is 6.90. The number of fused-ring (bicyclic) bond motifs is 1. The highest BCUT2D eigenvalue weighted by molar-refractivity contribution is 7.80. The van der Waals surface area contributed by atoms with E-state index in [0.717, 1.165) is 13.1 Å². The van der Waals surface area contributed by atoms with Crippen molar-refractivity contribution in [2.75, 3.05) is 18.0 Å². The number of benzene rings is 4. The molecule has 1 nitrogen and oxygen atoms in total. The van der Waals surface area contributed by atoms with Crippen molar-refractivity contribution in [3.8, 4) is 0 Å². The molecule has 0 saturated carbocycles. The van der Waals surface area contributed by atoms with Gasteiger partial charge in [0.2, 0.25) is 0 Å². The molecule has 4 aromatic carbocycles. The highest BCUT2D eigenvalue weighted by atomic mass is 31.1. The molecule has 0 amide bonds. The Hall–Kier alpha value is -2.63. The molecule has 5 rings (SSSR count). The quantitative estimate of drug-likeness (QED) is 0.439. The van der Waals surface area contributed by atoms with Crippen molar-refractivity contribution in [1.82, 2.24) is 0 Å². The Morgan fingerprint density at radius 3 is 1.79 bits per heavy atom. The summed E-state index contributed by atoms with van der Waals surface area (Å²) in [6.07, 6.45) is 2.59. The topological polar surface area (TPSA) is 3.24 Å². The van der Waals surface area contributed by atoms with Crippen LogP contribution in [0, 0.1) is 0 Å². The monoisotopic (exact) mass is 381 g/mol. The summed E-state index contributed by atoms with van der Waals surface area (Å²) in [4.78, 5) is 2.60. The summed E-state index contributed by atoms with van der Waals surface area (Å²) in [6, 6.07) is 35.7. The molecule has 2 heteroatoms. The lowest BCUT2D eigenvalue weighted by Gasteiger charge is -2.28. The van der Waals surface area contributed by atoms with Gasteiger partial charge in [0.15, 0.2) is 0 Å². The van der Waals surface area contributed by atoms with Crippen LogP contribution in [0.5, 0.6) is 0 Å². The number of anilines is 1. The summed E-state index contributed by atoms with van der Waals surface area (Å²) in [5.41, 5.74) is 1.43. The number of hydrogen-bond acceptors (Lipinski definition) is 1. The van der Waals surface area contributed by atoms with Crippen molar-refractivity contribution in [2.24, 2.45) is 0 Å². The Morgan fingerprint density at radius 2 is 1.14 bits per heavy atom. The molecule has 0 aliphatic carbocycles. The summed E-state index contributed by atoms with van der Waals surface area (Å²) in [5, 5.41) is 7.07. The Morgan fingerprint density at radius 1 is 0.571 bits per heavy atom. The van der Waals surface area contributed by atoms with Crippen LogP contribution in [0.15, 0.2) is 97.1 Å². The molecule has 0 aromatic heterocycles. The molecule has 0 radical (unpaired) electrons. The van der Waals surface area contributed by atoms with E-state index in [1.807, 2.05) is 0 Å². The SMILES string of the molecule is c1ccc(P(c2ccccc2)c2c(N3CCCC3)ccc3ccccc23)cc1. The third-order valence-corrected chi connectivity index (χ3v) is 8.12. The van der Waals surface area contributed by atoms with Crippen molar-refractivity contribution < 1.29 is 0 Å². The third-order valence-electron chi connectivity index (χ3n) is 5.58. The van der Waals surface area contributed by atoms with Crippen molar-refractivity contribution in [2.45, 2.75) is 12.8 Å². The maximum absolute atomic E-state index is 2.60. The van der Waals surface area contributed by atoms with Crippen LogP contribution in [0.3, 0.4) is 0 Å². The second-order valence-corrected chi connectivity index (χ2v) is 9.51. The summed E-state index contributed by atoms with van der Waals surface area (Å²) >= 11 is 0. The van der Waals surface area contributed by atoms with Gasteiger partial charge in [-0.1, -0.05) is 91.0 Å². The van der Waals surface area contributed by atoms with Crippen LogP contribution in [0.25, 0.3) is 10.8 Å². The van der Waals surface area contributed by atoms with Gasteiger partial charge in [-0.2, -0.15) is 0 Å². The Balaban J connectivity index is 1.81. The van der Waals surface area contributed by atoms with Gasteiger partial charge in [0, 0.05) is 24.1 Å². The van der Waals surface area contributed by atoms with Crippen LogP contribution in [-0.2, 0) is 0 Å². The zero-order valence-corrected chi connectivity index (χ0v) is 16.9. The standard InChI is InChI=1S/C26H24NP/c1-3-12-22(13-4-1)28(23-14-5-2-6-15-23)26-24-16-8-7-11-21(24)17-18-25(26)27-19-9-10-20-27/h1-8,11-18H,9-10,19-20H2. The molecular weight excluding hydrogens is 357 g/mol. The van der Waals surface area contributed by atoms with E-state index in [9.17, 15) is 0 Å². The maximum atomic E-state index is 2.60.